The molecule has 0 unspecified atom stereocenters. The molecule has 0 radical (unpaired) electrons. The van der Waals surface area contributed by atoms with Crippen molar-refractivity contribution in [3.63, 3.8) is 0 Å². The predicted molar refractivity (Wildman–Crippen MR) is 76.6 cm³/mol. The second kappa shape index (κ2) is 4.70. The maximum absolute atomic E-state index is 11.1. The Labute approximate surface area is 115 Å². The monoisotopic (exact) mass is 267 g/mol. The molecule has 1 amide bonds. The number of nitrogens with one attached hydrogen (secondary N) is 1. The summed E-state index contributed by atoms with van der Waals surface area (Å²) in [6.07, 6.45) is 0. The van der Waals surface area contributed by atoms with Crippen molar-refractivity contribution >= 4 is 16.9 Å². The summed E-state index contributed by atoms with van der Waals surface area (Å²) in [5, 5.41) is 0.857. The van der Waals surface area contributed by atoms with Gasteiger partial charge in [0.05, 0.1) is 12.8 Å². The van der Waals surface area contributed by atoms with Gasteiger partial charge in [-0.15, -0.1) is 0 Å². The molecule has 5 nitrogen and oxygen atoms in total. The number of fused-ring (bicyclic) bond motifs is 1. The molecule has 0 saturated carbocycles. The van der Waals surface area contributed by atoms with Gasteiger partial charge in [-0.05, 0) is 42.5 Å². The molecular weight excluding hydrogens is 254 g/mol. The molecule has 0 bridgehead atoms. The van der Waals surface area contributed by atoms with Crippen LogP contribution < -0.4 is 10.5 Å². The van der Waals surface area contributed by atoms with Crippen LogP contribution in [0.4, 0.5) is 0 Å². The first-order valence-corrected chi connectivity index (χ1v) is 6.11. The van der Waals surface area contributed by atoms with E-state index in [2.05, 4.69) is 9.97 Å². The molecule has 2 heterocycles. The number of aromatic amines is 1. The molecular formula is C15H13N3O2. The van der Waals surface area contributed by atoms with Gasteiger partial charge < -0.3 is 15.5 Å². The molecule has 3 aromatic rings. The average Bonchev–Trinajstić information content (AvgIpc) is 2.90. The fraction of sp³-hybridized carbons (Fsp3) is 0.0667. The van der Waals surface area contributed by atoms with Crippen molar-refractivity contribution in [3.8, 4) is 17.0 Å². The quantitative estimate of drug-likeness (QED) is 0.764. The Hall–Kier alpha value is -2.82. The van der Waals surface area contributed by atoms with Gasteiger partial charge in [0.1, 0.15) is 17.1 Å². The number of pyridine rings is 1. The molecule has 0 spiro atoms. The Kier molecular flexibility index (Phi) is 2.87. The number of primary amides is 1. The first-order valence-electron chi connectivity index (χ1n) is 6.11. The van der Waals surface area contributed by atoms with Crippen LogP contribution >= 0.6 is 0 Å². The molecule has 5 heteroatoms. The maximum atomic E-state index is 11.1. The SMILES string of the molecule is COc1ccc(-c2ccc3cc(C(N)=O)[nH]c3n2)cc1. The van der Waals surface area contributed by atoms with E-state index in [4.69, 9.17) is 10.5 Å². The average molecular weight is 267 g/mol. The Morgan fingerprint density at radius 3 is 2.60 bits per heavy atom. The molecule has 100 valence electrons. The van der Waals surface area contributed by atoms with Crippen molar-refractivity contribution in [1.82, 2.24) is 9.97 Å². The number of hydrogen-bond acceptors (Lipinski definition) is 3. The number of nitrogens with zero attached hydrogens (tertiary/aromatic N) is 1. The van der Waals surface area contributed by atoms with Crippen molar-refractivity contribution in [2.75, 3.05) is 7.11 Å². The van der Waals surface area contributed by atoms with Gasteiger partial charge in [-0.25, -0.2) is 4.98 Å². The van der Waals surface area contributed by atoms with E-state index in [0.717, 1.165) is 22.4 Å². The van der Waals surface area contributed by atoms with Gasteiger partial charge in [0, 0.05) is 10.9 Å². The highest BCUT2D eigenvalue weighted by atomic mass is 16.5. The van der Waals surface area contributed by atoms with Crippen LogP contribution in [0.3, 0.4) is 0 Å². The molecule has 0 aliphatic heterocycles. The number of H-pyrrole nitrogens is 1. The van der Waals surface area contributed by atoms with Crippen LogP contribution in [0.5, 0.6) is 5.75 Å². The maximum Gasteiger partial charge on any atom is 0.265 e. The lowest BCUT2D eigenvalue weighted by Gasteiger charge is -2.03. The number of rotatable bonds is 3. The number of carbonyl (C=O) groups excluding carboxylic acids is 1. The van der Waals surface area contributed by atoms with Crippen molar-refractivity contribution in [3.05, 3.63) is 48.2 Å². The van der Waals surface area contributed by atoms with Crippen LogP contribution in [-0.4, -0.2) is 23.0 Å². The van der Waals surface area contributed by atoms with Gasteiger partial charge in [-0.3, -0.25) is 4.79 Å². The van der Waals surface area contributed by atoms with E-state index in [1.165, 1.54) is 0 Å². The zero-order valence-electron chi connectivity index (χ0n) is 10.9. The topological polar surface area (TPSA) is 81.0 Å². The third-order valence-electron chi connectivity index (χ3n) is 3.13. The van der Waals surface area contributed by atoms with Gasteiger partial charge in [-0.1, -0.05) is 0 Å². The lowest BCUT2D eigenvalue weighted by Crippen LogP contribution is -2.10. The van der Waals surface area contributed by atoms with Crippen LogP contribution in [0.1, 0.15) is 10.5 Å². The lowest BCUT2D eigenvalue weighted by atomic mass is 10.1. The van der Waals surface area contributed by atoms with Crippen molar-refractivity contribution < 1.29 is 9.53 Å². The first-order chi connectivity index (χ1) is 9.67. The van der Waals surface area contributed by atoms with Gasteiger partial charge in [0.2, 0.25) is 0 Å². The Balaban J connectivity index is 2.04. The molecule has 3 N–H and O–H groups in total. The molecule has 20 heavy (non-hydrogen) atoms. The smallest absolute Gasteiger partial charge is 0.265 e. The fourth-order valence-electron chi connectivity index (χ4n) is 2.06. The fourth-order valence-corrected chi connectivity index (χ4v) is 2.06. The van der Waals surface area contributed by atoms with Crippen molar-refractivity contribution in [2.45, 2.75) is 0 Å². The summed E-state index contributed by atoms with van der Waals surface area (Å²) < 4.78 is 5.13. The molecule has 0 aliphatic rings. The minimum absolute atomic E-state index is 0.361. The van der Waals surface area contributed by atoms with Crippen LogP contribution in [0.2, 0.25) is 0 Å². The summed E-state index contributed by atoms with van der Waals surface area (Å²) in [7, 11) is 1.63. The van der Waals surface area contributed by atoms with Crippen molar-refractivity contribution in [1.29, 1.82) is 0 Å². The van der Waals surface area contributed by atoms with E-state index in [-0.39, 0.29) is 0 Å². The summed E-state index contributed by atoms with van der Waals surface area (Å²) in [6, 6.07) is 13.1. The number of nitrogens with two attached hydrogens (primary N) is 1. The minimum atomic E-state index is -0.492. The molecule has 2 aromatic heterocycles. The van der Waals surface area contributed by atoms with E-state index in [1.54, 1.807) is 13.2 Å². The third kappa shape index (κ3) is 2.09. The van der Waals surface area contributed by atoms with Crippen molar-refractivity contribution in [2.24, 2.45) is 5.73 Å². The van der Waals surface area contributed by atoms with E-state index in [1.807, 2.05) is 36.4 Å². The normalized spacial score (nSPS) is 10.7. The summed E-state index contributed by atoms with van der Waals surface area (Å²) in [5.74, 6) is 0.305. The lowest BCUT2D eigenvalue weighted by molar-refractivity contribution is 0.0996. The molecule has 3 rings (SSSR count). The number of aromatic nitrogens is 2. The highest BCUT2D eigenvalue weighted by Crippen LogP contribution is 2.23. The Bertz CT molecular complexity index is 775. The van der Waals surface area contributed by atoms with Crippen LogP contribution in [0, 0.1) is 0 Å². The highest BCUT2D eigenvalue weighted by molar-refractivity contribution is 5.96. The zero-order chi connectivity index (χ0) is 14.1. The second-order valence-corrected chi connectivity index (χ2v) is 4.41. The van der Waals surface area contributed by atoms with Gasteiger partial charge in [0.25, 0.3) is 5.91 Å². The summed E-state index contributed by atoms with van der Waals surface area (Å²) in [6.45, 7) is 0. The van der Waals surface area contributed by atoms with E-state index in [9.17, 15) is 4.79 Å². The van der Waals surface area contributed by atoms with Gasteiger partial charge >= 0.3 is 0 Å². The second-order valence-electron chi connectivity index (χ2n) is 4.41. The zero-order valence-corrected chi connectivity index (χ0v) is 10.9. The number of ether oxygens (including phenoxy) is 1. The van der Waals surface area contributed by atoms with Crippen LogP contribution in [0.25, 0.3) is 22.3 Å². The predicted octanol–water partition coefficient (Wildman–Crippen LogP) is 2.34. The highest BCUT2D eigenvalue weighted by Gasteiger charge is 2.08. The molecule has 0 saturated heterocycles. The standard InChI is InChI=1S/C15H13N3O2/c1-20-11-5-2-9(3-6-11)12-7-4-10-8-13(14(16)19)18-15(10)17-12/h2-8H,1H3,(H2,16,19)(H,17,18). The number of amides is 1. The number of hydrogen-bond donors (Lipinski definition) is 2. The Morgan fingerprint density at radius 1 is 1.20 bits per heavy atom. The summed E-state index contributed by atoms with van der Waals surface area (Å²) >= 11 is 0. The molecule has 0 atom stereocenters. The van der Waals surface area contributed by atoms with Crippen LogP contribution in [-0.2, 0) is 0 Å². The van der Waals surface area contributed by atoms with E-state index in [0.29, 0.717) is 11.3 Å². The Morgan fingerprint density at radius 2 is 1.95 bits per heavy atom. The third-order valence-corrected chi connectivity index (χ3v) is 3.13. The summed E-state index contributed by atoms with van der Waals surface area (Å²) in [5.41, 5.74) is 8.05. The minimum Gasteiger partial charge on any atom is -0.497 e. The summed E-state index contributed by atoms with van der Waals surface area (Å²) in [4.78, 5) is 18.6. The largest absolute Gasteiger partial charge is 0.497 e. The molecule has 1 aromatic carbocycles. The van der Waals surface area contributed by atoms with Gasteiger partial charge in [0.15, 0.2) is 0 Å². The molecule has 0 fully saturated rings. The van der Waals surface area contributed by atoms with Crippen LogP contribution in [0.15, 0.2) is 42.5 Å². The number of methoxy groups -OCH3 is 1. The molecule has 0 aliphatic carbocycles. The van der Waals surface area contributed by atoms with E-state index >= 15 is 0 Å². The first kappa shape index (κ1) is 12.2. The number of carbonyl (C=O) groups is 1. The number of benzene rings is 1. The van der Waals surface area contributed by atoms with Gasteiger partial charge in [-0.2, -0.15) is 0 Å². The van der Waals surface area contributed by atoms with E-state index < -0.39 is 5.91 Å².